The van der Waals surface area contributed by atoms with Crippen LogP contribution in [0, 0.1) is 11.8 Å². The molecule has 3 heterocycles. The molecule has 0 aliphatic carbocycles. The van der Waals surface area contributed by atoms with Crippen molar-refractivity contribution in [2.24, 2.45) is 11.8 Å². The van der Waals surface area contributed by atoms with Gasteiger partial charge in [0.05, 0.1) is 6.61 Å². The Hall–Kier alpha value is -0.120. The zero-order valence-electron chi connectivity index (χ0n) is 8.74. The number of ether oxygens (including phenoxy) is 1. The largest absolute Gasteiger partial charge is 0.381 e. The van der Waals surface area contributed by atoms with Gasteiger partial charge in [-0.05, 0) is 37.8 Å². The van der Waals surface area contributed by atoms with Gasteiger partial charge in [-0.2, -0.15) is 0 Å². The summed E-state index contributed by atoms with van der Waals surface area (Å²) in [5.74, 6) is 1.76. The molecule has 0 aromatic rings. The first-order valence-corrected chi connectivity index (χ1v) is 5.96. The molecule has 3 aliphatic heterocycles. The van der Waals surface area contributed by atoms with Gasteiger partial charge in [0.1, 0.15) is 0 Å². The summed E-state index contributed by atoms with van der Waals surface area (Å²) in [6.07, 6.45) is 2.69. The summed E-state index contributed by atoms with van der Waals surface area (Å²) < 4.78 is 5.44. The third-order valence-corrected chi connectivity index (χ3v) is 4.08. The number of hydrogen-bond acceptors (Lipinski definition) is 3. The Morgan fingerprint density at radius 2 is 2.29 bits per heavy atom. The summed E-state index contributed by atoms with van der Waals surface area (Å²) in [4.78, 5) is 2.70. The second-order valence-corrected chi connectivity index (χ2v) is 5.00. The Morgan fingerprint density at radius 3 is 3.14 bits per heavy atom. The van der Waals surface area contributed by atoms with E-state index in [1.807, 2.05) is 0 Å². The zero-order valence-corrected chi connectivity index (χ0v) is 8.74. The molecule has 1 N–H and O–H groups in total. The first-order chi connectivity index (χ1) is 6.93. The minimum atomic E-state index is 0.814. The van der Waals surface area contributed by atoms with Crippen LogP contribution in [-0.2, 0) is 4.74 Å². The summed E-state index contributed by atoms with van der Waals surface area (Å²) in [6.45, 7) is 7.07. The highest BCUT2D eigenvalue weighted by atomic mass is 16.5. The number of rotatable bonds is 2. The van der Waals surface area contributed by atoms with E-state index < -0.39 is 0 Å². The molecule has 3 heteroatoms. The van der Waals surface area contributed by atoms with Crippen LogP contribution >= 0.6 is 0 Å². The second-order valence-electron chi connectivity index (χ2n) is 5.00. The van der Waals surface area contributed by atoms with E-state index in [1.54, 1.807) is 0 Å². The molecule has 3 atom stereocenters. The maximum absolute atomic E-state index is 5.44. The minimum absolute atomic E-state index is 0.814. The van der Waals surface area contributed by atoms with Crippen LogP contribution in [0.2, 0.25) is 0 Å². The molecule has 3 fully saturated rings. The molecule has 80 valence electrons. The van der Waals surface area contributed by atoms with Crippen LogP contribution < -0.4 is 5.32 Å². The predicted molar refractivity (Wildman–Crippen MR) is 55.3 cm³/mol. The molecule has 0 spiro atoms. The number of nitrogens with zero attached hydrogens (tertiary/aromatic N) is 1. The van der Waals surface area contributed by atoms with Crippen LogP contribution in [0.3, 0.4) is 0 Å². The zero-order chi connectivity index (χ0) is 9.38. The highest BCUT2D eigenvalue weighted by Gasteiger charge is 2.38. The first-order valence-electron chi connectivity index (χ1n) is 5.96. The van der Waals surface area contributed by atoms with Crippen molar-refractivity contribution in [1.29, 1.82) is 0 Å². The molecule has 14 heavy (non-hydrogen) atoms. The maximum Gasteiger partial charge on any atom is 0.0507 e. The summed E-state index contributed by atoms with van der Waals surface area (Å²) >= 11 is 0. The highest BCUT2D eigenvalue weighted by Crippen LogP contribution is 2.28. The molecule has 1 unspecified atom stereocenters. The molecular formula is C11H20N2O. The molecule has 3 rings (SSSR count). The molecule has 3 saturated heterocycles. The van der Waals surface area contributed by atoms with Gasteiger partial charge in [0.2, 0.25) is 0 Å². The van der Waals surface area contributed by atoms with Crippen LogP contribution in [0.1, 0.15) is 12.8 Å². The standard InChI is InChI=1S/C11H20N2O/c1-3-13(7-9-2-4-14-8-9)11-6-12-5-10(1)11/h9-12H,1-8H2/t9?,10-,11+/m0/s1. The summed E-state index contributed by atoms with van der Waals surface area (Å²) in [5, 5.41) is 3.51. The van der Waals surface area contributed by atoms with Gasteiger partial charge in [-0.3, -0.25) is 4.90 Å². The van der Waals surface area contributed by atoms with E-state index >= 15 is 0 Å². The van der Waals surface area contributed by atoms with Crippen molar-refractivity contribution in [2.45, 2.75) is 18.9 Å². The highest BCUT2D eigenvalue weighted by molar-refractivity contribution is 4.95. The van der Waals surface area contributed by atoms with Gasteiger partial charge >= 0.3 is 0 Å². The molecule has 0 aromatic carbocycles. The molecule has 3 nitrogen and oxygen atoms in total. The van der Waals surface area contributed by atoms with Gasteiger partial charge in [-0.25, -0.2) is 0 Å². The Labute approximate surface area is 85.8 Å². The summed E-state index contributed by atoms with van der Waals surface area (Å²) in [5.41, 5.74) is 0. The van der Waals surface area contributed by atoms with Crippen LogP contribution in [0.15, 0.2) is 0 Å². The molecule has 0 saturated carbocycles. The lowest BCUT2D eigenvalue weighted by molar-refractivity contribution is 0.162. The second kappa shape index (κ2) is 3.80. The normalized spacial score (nSPS) is 43.3. The Bertz CT molecular complexity index is 203. The summed E-state index contributed by atoms with van der Waals surface area (Å²) in [7, 11) is 0. The van der Waals surface area contributed by atoms with Crippen LogP contribution in [-0.4, -0.2) is 50.3 Å². The molecule has 0 amide bonds. The molecular weight excluding hydrogens is 176 g/mol. The Kier molecular flexibility index (Phi) is 2.48. The molecule has 0 aromatic heterocycles. The van der Waals surface area contributed by atoms with E-state index in [4.69, 9.17) is 4.74 Å². The van der Waals surface area contributed by atoms with Gasteiger partial charge in [0.25, 0.3) is 0 Å². The third-order valence-electron chi connectivity index (χ3n) is 4.08. The lowest BCUT2D eigenvalue weighted by Crippen LogP contribution is -2.37. The van der Waals surface area contributed by atoms with Gasteiger partial charge in [0.15, 0.2) is 0 Å². The maximum atomic E-state index is 5.44. The van der Waals surface area contributed by atoms with Crippen molar-refractivity contribution in [1.82, 2.24) is 10.2 Å². The fraction of sp³-hybridized carbons (Fsp3) is 1.00. The Morgan fingerprint density at radius 1 is 1.29 bits per heavy atom. The topological polar surface area (TPSA) is 24.5 Å². The van der Waals surface area contributed by atoms with E-state index in [2.05, 4.69) is 10.2 Å². The SMILES string of the molecule is C1CC(CN2CC[C@H]3CNC[C@H]32)CO1. The Balaban J connectivity index is 1.57. The molecule has 3 aliphatic rings. The van der Waals surface area contributed by atoms with Gasteiger partial charge in [0, 0.05) is 25.7 Å². The van der Waals surface area contributed by atoms with E-state index in [0.717, 1.165) is 31.1 Å². The number of nitrogens with one attached hydrogen (secondary N) is 1. The van der Waals surface area contributed by atoms with E-state index in [-0.39, 0.29) is 0 Å². The molecule has 0 bridgehead atoms. The van der Waals surface area contributed by atoms with E-state index in [1.165, 1.54) is 39.0 Å². The van der Waals surface area contributed by atoms with Crippen LogP contribution in [0.5, 0.6) is 0 Å². The van der Waals surface area contributed by atoms with Crippen molar-refractivity contribution in [3.63, 3.8) is 0 Å². The smallest absolute Gasteiger partial charge is 0.0507 e. The van der Waals surface area contributed by atoms with Crippen molar-refractivity contribution >= 4 is 0 Å². The van der Waals surface area contributed by atoms with Gasteiger partial charge in [-0.1, -0.05) is 0 Å². The lowest BCUT2D eigenvalue weighted by Gasteiger charge is -2.25. The number of fused-ring (bicyclic) bond motifs is 1. The van der Waals surface area contributed by atoms with Crippen molar-refractivity contribution in [2.75, 3.05) is 39.4 Å². The lowest BCUT2D eigenvalue weighted by atomic mass is 10.0. The first kappa shape index (κ1) is 9.13. The average molecular weight is 196 g/mol. The van der Waals surface area contributed by atoms with E-state index in [0.29, 0.717) is 0 Å². The molecule has 0 radical (unpaired) electrons. The minimum Gasteiger partial charge on any atom is -0.381 e. The number of likely N-dealkylation sites (tertiary alicyclic amines) is 1. The van der Waals surface area contributed by atoms with Gasteiger partial charge < -0.3 is 10.1 Å². The van der Waals surface area contributed by atoms with E-state index in [9.17, 15) is 0 Å². The average Bonchev–Trinajstić information content (AvgIpc) is 2.85. The summed E-state index contributed by atoms with van der Waals surface area (Å²) in [6, 6.07) is 0.843. The van der Waals surface area contributed by atoms with Crippen molar-refractivity contribution in [3.05, 3.63) is 0 Å². The quantitative estimate of drug-likeness (QED) is 0.688. The van der Waals surface area contributed by atoms with Crippen LogP contribution in [0.4, 0.5) is 0 Å². The van der Waals surface area contributed by atoms with Crippen molar-refractivity contribution in [3.8, 4) is 0 Å². The number of hydrogen-bond donors (Lipinski definition) is 1. The third kappa shape index (κ3) is 1.58. The predicted octanol–water partition coefficient (Wildman–Crippen LogP) is 0.317. The van der Waals surface area contributed by atoms with Crippen LogP contribution in [0.25, 0.3) is 0 Å². The fourth-order valence-electron chi connectivity index (χ4n) is 3.22. The monoisotopic (exact) mass is 196 g/mol. The van der Waals surface area contributed by atoms with Crippen molar-refractivity contribution < 1.29 is 4.74 Å². The van der Waals surface area contributed by atoms with Gasteiger partial charge in [-0.15, -0.1) is 0 Å². The fourth-order valence-corrected chi connectivity index (χ4v) is 3.22.